The van der Waals surface area contributed by atoms with Crippen LogP contribution in [0.1, 0.15) is 40.2 Å². The average molecular weight is 301 g/mol. The summed E-state index contributed by atoms with van der Waals surface area (Å²) in [5.41, 5.74) is 0.361. The molecule has 1 rings (SSSR count). The van der Waals surface area contributed by atoms with Crippen LogP contribution < -0.4 is 0 Å². The molecule has 0 aromatic heterocycles. The van der Waals surface area contributed by atoms with Crippen LogP contribution in [0.5, 0.6) is 5.75 Å². The number of phenols is 1. The molecule has 118 valence electrons. The van der Waals surface area contributed by atoms with E-state index in [1.165, 1.54) is 18.2 Å². The highest BCUT2D eigenvalue weighted by atomic mass is 16.5. The minimum atomic E-state index is -0.632. The second kappa shape index (κ2) is 6.65. The third-order valence-corrected chi connectivity index (χ3v) is 4.14. The fraction of sp³-hybridized carbons (Fsp3) is 0.444. The Hall–Kier alpha value is -2.28. The number of nitriles is 1. The molecule has 0 heterocycles. The number of carbonyl (C=O) groups is 1. The molecule has 0 aliphatic carbocycles. The fourth-order valence-electron chi connectivity index (χ4n) is 1.41. The predicted octanol–water partition coefficient (Wildman–Crippen LogP) is 3.91. The Morgan fingerprint density at radius 2 is 1.77 bits per heavy atom. The number of esters is 1. The van der Waals surface area contributed by atoms with Gasteiger partial charge in [-0.1, -0.05) is 46.8 Å². The van der Waals surface area contributed by atoms with Crippen molar-refractivity contribution in [2.75, 3.05) is 6.61 Å². The molecule has 0 saturated carbocycles. The van der Waals surface area contributed by atoms with E-state index in [1.807, 2.05) is 19.9 Å². The maximum Gasteiger partial charge on any atom is 0.348 e. The molecule has 1 aromatic carbocycles. The van der Waals surface area contributed by atoms with Gasteiger partial charge in [0.1, 0.15) is 17.4 Å². The zero-order valence-electron chi connectivity index (χ0n) is 13.8. The molecule has 0 unspecified atom stereocenters. The van der Waals surface area contributed by atoms with Gasteiger partial charge in [0.2, 0.25) is 0 Å². The molecule has 0 spiro atoms. The van der Waals surface area contributed by atoms with E-state index in [0.29, 0.717) is 5.56 Å². The van der Waals surface area contributed by atoms with Crippen LogP contribution in [-0.4, -0.2) is 17.7 Å². The highest BCUT2D eigenvalue weighted by Gasteiger charge is 2.34. The summed E-state index contributed by atoms with van der Waals surface area (Å²) in [6.45, 7) is 10.5. The smallest absolute Gasteiger partial charge is 0.348 e. The van der Waals surface area contributed by atoms with Gasteiger partial charge in [-0.05, 0) is 29.2 Å². The lowest BCUT2D eigenvalue weighted by atomic mass is 9.70. The molecule has 0 fully saturated rings. The van der Waals surface area contributed by atoms with E-state index in [2.05, 4.69) is 20.8 Å². The van der Waals surface area contributed by atoms with Crippen molar-refractivity contribution in [1.82, 2.24) is 0 Å². The second-order valence-corrected chi connectivity index (χ2v) is 6.97. The van der Waals surface area contributed by atoms with Crippen molar-refractivity contribution in [3.63, 3.8) is 0 Å². The molecule has 22 heavy (non-hydrogen) atoms. The van der Waals surface area contributed by atoms with E-state index in [4.69, 9.17) is 10.00 Å². The lowest BCUT2D eigenvalue weighted by Crippen LogP contribution is -2.35. The maximum atomic E-state index is 12.1. The Bertz CT molecular complexity index is 599. The fourth-order valence-corrected chi connectivity index (χ4v) is 1.41. The number of hydrogen-bond donors (Lipinski definition) is 1. The van der Waals surface area contributed by atoms with Crippen LogP contribution in [0.15, 0.2) is 29.8 Å². The third-order valence-electron chi connectivity index (χ3n) is 4.14. The zero-order valence-corrected chi connectivity index (χ0v) is 13.8. The van der Waals surface area contributed by atoms with Gasteiger partial charge in [-0.3, -0.25) is 0 Å². The zero-order chi connectivity index (χ0) is 17.0. The van der Waals surface area contributed by atoms with Gasteiger partial charge in [0.05, 0.1) is 6.61 Å². The third kappa shape index (κ3) is 4.63. The quantitative estimate of drug-likeness (QED) is 0.520. The Morgan fingerprint density at radius 3 is 2.23 bits per heavy atom. The molecule has 4 heteroatoms. The van der Waals surface area contributed by atoms with Gasteiger partial charge in [0, 0.05) is 5.41 Å². The van der Waals surface area contributed by atoms with Crippen LogP contribution >= 0.6 is 0 Å². The van der Waals surface area contributed by atoms with Crippen molar-refractivity contribution in [2.45, 2.75) is 34.6 Å². The van der Waals surface area contributed by atoms with Crippen LogP contribution in [0.3, 0.4) is 0 Å². The summed E-state index contributed by atoms with van der Waals surface area (Å²) in [6.07, 6.45) is 1.45. The highest BCUT2D eigenvalue weighted by Crippen LogP contribution is 2.38. The Morgan fingerprint density at radius 1 is 1.23 bits per heavy atom. The van der Waals surface area contributed by atoms with Crippen LogP contribution in [0.2, 0.25) is 0 Å². The minimum absolute atomic E-state index is 0.0270. The number of phenolic OH excluding ortho intramolecular Hbond substituents is 1. The summed E-state index contributed by atoms with van der Waals surface area (Å²) in [7, 11) is 0. The first-order valence-corrected chi connectivity index (χ1v) is 7.15. The van der Waals surface area contributed by atoms with Crippen LogP contribution in [-0.2, 0) is 9.53 Å². The number of aromatic hydroxyl groups is 1. The molecule has 0 aliphatic heterocycles. The van der Waals surface area contributed by atoms with Crippen LogP contribution in [0.4, 0.5) is 0 Å². The van der Waals surface area contributed by atoms with Crippen LogP contribution in [0.25, 0.3) is 6.08 Å². The van der Waals surface area contributed by atoms with Gasteiger partial charge in [0.15, 0.2) is 0 Å². The first-order chi connectivity index (χ1) is 10.1. The number of hydrogen-bond acceptors (Lipinski definition) is 4. The molecule has 1 N–H and O–H groups in total. The number of rotatable bonds is 4. The summed E-state index contributed by atoms with van der Waals surface area (Å²) < 4.78 is 5.30. The highest BCUT2D eigenvalue weighted by molar-refractivity contribution is 5.97. The summed E-state index contributed by atoms with van der Waals surface area (Å²) in [6, 6.07) is 8.10. The first-order valence-electron chi connectivity index (χ1n) is 7.15. The number of ether oxygens (including phenoxy) is 1. The van der Waals surface area contributed by atoms with Gasteiger partial charge in [-0.15, -0.1) is 0 Å². The number of benzene rings is 1. The van der Waals surface area contributed by atoms with Crippen molar-refractivity contribution in [2.24, 2.45) is 10.8 Å². The van der Waals surface area contributed by atoms with Gasteiger partial charge in [-0.25, -0.2) is 4.79 Å². The van der Waals surface area contributed by atoms with E-state index in [1.54, 1.807) is 12.1 Å². The monoisotopic (exact) mass is 301 g/mol. The van der Waals surface area contributed by atoms with E-state index >= 15 is 0 Å². The van der Waals surface area contributed by atoms with Gasteiger partial charge >= 0.3 is 5.97 Å². The van der Waals surface area contributed by atoms with E-state index < -0.39 is 5.97 Å². The minimum Gasteiger partial charge on any atom is -0.508 e. The molecular formula is C18H23NO3. The summed E-state index contributed by atoms with van der Waals surface area (Å²) in [4.78, 5) is 12.1. The Kier molecular flexibility index (Phi) is 5.38. The lowest BCUT2D eigenvalue weighted by molar-refractivity contribution is -0.143. The maximum absolute atomic E-state index is 12.1. The first kappa shape index (κ1) is 17.8. The largest absolute Gasteiger partial charge is 0.508 e. The Labute approximate surface area is 132 Å². The molecule has 0 aliphatic rings. The van der Waals surface area contributed by atoms with E-state index in [-0.39, 0.29) is 28.8 Å². The van der Waals surface area contributed by atoms with Crippen molar-refractivity contribution in [3.8, 4) is 11.8 Å². The van der Waals surface area contributed by atoms with E-state index in [9.17, 15) is 9.90 Å². The topological polar surface area (TPSA) is 70.3 Å². The molecule has 0 saturated heterocycles. The SMILES string of the molecule is CC(C)(C)C(C)(C)COC(=O)/C(C#N)=C/c1ccc(O)cc1. The molecule has 0 bridgehead atoms. The van der Waals surface area contributed by atoms with Crippen LogP contribution in [0, 0.1) is 22.2 Å². The molecule has 0 atom stereocenters. The molecule has 0 radical (unpaired) electrons. The van der Waals surface area contributed by atoms with Crippen molar-refractivity contribution in [3.05, 3.63) is 35.4 Å². The van der Waals surface area contributed by atoms with Crippen molar-refractivity contribution < 1.29 is 14.6 Å². The van der Waals surface area contributed by atoms with Gasteiger partial charge < -0.3 is 9.84 Å². The molecular weight excluding hydrogens is 278 g/mol. The molecule has 1 aromatic rings. The standard InChI is InChI=1S/C18H23NO3/c1-17(2,3)18(4,5)12-22-16(21)14(11-19)10-13-6-8-15(20)9-7-13/h6-10,20H,12H2,1-5H3/b14-10+. The average Bonchev–Trinajstić information content (AvgIpc) is 2.43. The number of nitrogens with zero attached hydrogens (tertiary/aromatic N) is 1. The van der Waals surface area contributed by atoms with Crippen molar-refractivity contribution in [1.29, 1.82) is 5.26 Å². The normalized spacial score (nSPS) is 12.6. The summed E-state index contributed by atoms with van der Waals surface area (Å²) >= 11 is 0. The summed E-state index contributed by atoms with van der Waals surface area (Å²) in [5, 5.41) is 18.4. The van der Waals surface area contributed by atoms with Gasteiger partial charge in [-0.2, -0.15) is 5.26 Å². The number of carbonyl (C=O) groups excluding carboxylic acids is 1. The Balaban J connectivity index is 2.82. The predicted molar refractivity (Wildman–Crippen MR) is 85.9 cm³/mol. The van der Waals surface area contributed by atoms with E-state index in [0.717, 1.165) is 0 Å². The van der Waals surface area contributed by atoms with Gasteiger partial charge in [0.25, 0.3) is 0 Å². The van der Waals surface area contributed by atoms with Crippen molar-refractivity contribution >= 4 is 12.0 Å². The second-order valence-electron chi connectivity index (χ2n) is 6.97. The molecule has 4 nitrogen and oxygen atoms in total. The summed E-state index contributed by atoms with van der Waals surface area (Å²) in [5.74, 6) is -0.502. The lowest BCUT2D eigenvalue weighted by Gasteiger charge is -2.38. The molecule has 0 amide bonds.